The highest BCUT2D eigenvalue weighted by atomic mass is 16.2. The monoisotopic (exact) mass is 248 g/mol. The lowest BCUT2D eigenvalue weighted by atomic mass is 9.87. The Morgan fingerprint density at radius 3 is 2.61 bits per heavy atom. The molecule has 5 unspecified atom stereocenters. The third kappa shape index (κ3) is 1.79. The van der Waals surface area contributed by atoms with Gasteiger partial charge in [0.05, 0.1) is 12.5 Å². The van der Waals surface area contributed by atoms with Crippen LogP contribution in [0, 0.1) is 17.8 Å². The molecule has 0 radical (unpaired) electrons. The van der Waals surface area contributed by atoms with Gasteiger partial charge in [0.2, 0.25) is 11.8 Å². The highest BCUT2D eigenvalue weighted by molar-refractivity contribution is 6.05. The van der Waals surface area contributed by atoms with Gasteiger partial charge in [-0.1, -0.05) is 12.2 Å². The Labute approximate surface area is 107 Å². The molecular formula is C14H20N2O2. The fourth-order valence-corrected chi connectivity index (χ4v) is 3.72. The number of nitrogens with zero attached hydrogens (tertiary/aromatic N) is 1. The molecule has 1 N–H and O–H groups in total. The smallest absolute Gasteiger partial charge is 0.246 e. The molecule has 2 fully saturated rings. The summed E-state index contributed by atoms with van der Waals surface area (Å²) >= 11 is 0. The quantitative estimate of drug-likeness (QED) is 0.597. The maximum Gasteiger partial charge on any atom is 0.246 e. The van der Waals surface area contributed by atoms with E-state index in [0.717, 1.165) is 5.92 Å². The molecule has 2 aliphatic carbocycles. The van der Waals surface area contributed by atoms with Crippen LogP contribution in [0.3, 0.4) is 0 Å². The number of allylic oxidation sites excluding steroid dienone is 2. The van der Waals surface area contributed by atoms with Gasteiger partial charge in [0.15, 0.2) is 0 Å². The van der Waals surface area contributed by atoms with E-state index in [0.29, 0.717) is 24.3 Å². The Kier molecular flexibility index (Phi) is 2.77. The van der Waals surface area contributed by atoms with Crippen molar-refractivity contribution in [2.75, 3.05) is 7.05 Å². The van der Waals surface area contributed by atoms with Gasteiger partial charge in [0, 0.05) is 13.1 Å². The van der Waals surface area contributed by atoms with Crippen molar-refractivity contribution in [3.8, 4) is 0 Å². The summed E-state index contributed by atoms with van der Waals surface area (Å²) in [5.74, 6) is 1.88. The van der Waals surface area contributed by atoms with Crippen molar-refractivity contribution >= 4 is 11.8 Å². The van der Waals surface area contributed by atoms with E-state index in [-0.39, 0.29) is 17.9 Å². The van der Waals surface area contributed by atoms with E-state index in [4.69, 9.17) is 0 Å². The number of imide groups is 1. The Balaban J connectivity index is 1.62. The fraction of sp³-hybridized carbons (Fsp3) is 0.714. The van der Waals surface area contributed by atoms with Crippen LogP contribution in [0.2, 0.25) is 0 Å². The van der Waals surface area contributed by atoms with Crippen molar-refractivity contribution < 1.29 is 9.59 Å². The molecule has 1 saturated carbocycles. The van der Waals surface area contributed by atoms with E-state index in [2.05, 4.69) is 24.4 Å². The number of nitrogens with one attached hydrogen (secondary N) is 1. The number of fused-ring (bicyclic) bond motifs is 2. The number of carbonyl (C=O) groups excluding carboxylic acids is 2. The molecule has 3 rings (SSSR count). The zero-order chi connectivity index (χ0) is 12.9. The molecule has 2 bridgehead atoms. The molecule has 3 aliphatic rings. The number of likely N-dealkylation sites (tertiary alicyclic amines) is 1. The Morgan fingerprint density at radius 1 is 1.33 bits per heavy atom. The highest BCUT2D eigenvalue weighted by Gasteiger charge is 2.42. The van der Waals surface area contributed by atoms with Gasteiger partial charge in [-0.2, -0.15) is 0 Å². The van der Waals surface area contributed by atoms with Crippen LogP contribution in [-0.2, 0) is 9.59 Å². The van der Waals surface area contributed by atoms with Crippen LogP contribution in [0.4, 0.5) is 0 Å². The standard InChI is InChI=1S/C14H20N2O2/c1-8(11-6-9-3-4-10(11)5-9)15-12-7-13(17)16(2)14(12)18/h3-4,8-12,15H,5-7H2,1-2H3. The van der Waals surface area contributed by atoms with Gasteiger partial charge in [0.1, 0.15) is 0 Å². The number of rotatable bonds is 3. The zero-order valence-electron chi connectivity index (χ0n) is 10.9. The second-order valence-corrected chi connectivity index (χ2v) is 5.95. The van der Waals surface area contributed by atoms with Gasteiger partial charge >= 0.3 is 0 Å². The molecule has 2 amide bonds. The minimum Gasteiger partial charge on any atom is -0.303 e. The molecule has 4 nitrogen and oxygen atoms in total. The SMILES string of the molecule is CC(NC1CC(=O)N(C)C1=O)C1CC2C=CC1C2. The second kappa shape index (κ2) is 4.19. The minimum absolute atomic E-state index is 0.0717. The molecule has 0 aromatic rings. The average molecular weight is 248 g/mol. The lowest BCUT2D eigenvalue weighted by Crippen LogP contribution is -2.45. The van der Waals surface area contributed by atoms with Crippen LogP contribution in [-0.4, -0.2) is 35.8 Å². The molecule has 4 heteroatoms. The molecule has 1 saturated heterocycles. The van der Waals surface area contributed by atoms with Gasteiger partial charge in [-0.05, 0) is 37.5 Å². The van der Waals surface area contributed by atoms with E-state index in [1.807, 2.05) is 0 Å². The Hall–Kier alpha value is -1.16. The first kappa shape index (κ1) is 11.9. The summed E-state index contributed by atoms with van der Waals surface area (Å²) in [4.78, 5) is 24.6. The minimum atomic E-state index is -0.305. The molecule has 5 atom stereocenters. The van der Waals surface area contributed by atoms with Crippen LogP contribution >= 0.6 is 0 Å². The lowest BCUT2D eigenvalue weighted by molar-refractivity contribution is -0.137. The molecule has 1 aliphatic heterocycles. The number of likely N-dealkylation sites (N-methyl/N-ethyl adjacent to an activating group) is 1. The van der Waals surface area contributed by atoms with E-state index < -0.39 is 0 Å². The van der Waals surface area contributed by atoms with E-state index in [1.165, 1.54) is 17.7 Å². The topological polar surface area (TPSA) is 49.4 Å². The maximum absolute atomic E-state index is 11.9. The van der Waals surface area contributed by atoms with Crippen molar-refractivity contribution in [1.82, 2.24) is 10.2 Å². The first-order chi connectivity index (χ1) is 8.56. The van der Waals surface area contributed by atoms with Crippen LogP contribution in [0.15, 0.2) is 12.2 Å². The molecule has 98 valence electrons. The van der Waals surface area contributed by atoms with Gasteiger partial charge in [-0.3, -0.25) is 14.5 Å². The van der Waals surface area contributed by atoms with Crippen molar-refractivity contribution in [3.63, 3.8) is 0 Å². The lowest BCUT2D eigenvalue weighted by Gasteiger charge is -2.28. The van der Waals surface area contributed by atoms with E-state index in [9.17, 15) is 9.59 Å². The first-order valence-electron chi connectivity index (χ1n) is 6.81. The van der Waals surface area contributed by atoms with Crippen LogP contribution in [0.5, 0.6) is 0 Å². The van der Waals surface area contributed by atoms with Crippen LogP contribution < -0.4 is 5.32 Å². The molecular weight excluding hydrogens is 228 g/mol. The highest BCUT2D eigenvalue weighted by Crippen LogP contribution is 2.44. The van der Waals surface area contributed by atoms with E-state index >= 15 is 0 Å². The average Bonchev–Trinajstić information content (AvgIpc) is 3.02. The molecule has 18 heavy (non-hydrogen) atoms. The maximum atomic E-state index is 11.9. The summed E-state index contributed by atoms with van der Waals surface area (Å²) in [5, 5.41) is 3.37. The Bertz CT molecular complexity index is 418. The second-order valence-electron chi connectivity index (χ2n) is 5.95. The summed E-state index contributed by atoms with van der Waals surface area (Å²) in [6.45, 7) is 2.15. The first-order valence-corrected chi connectivity index (χ1v) is 6.81. The summed E-state index contributed by atoms with van der Waals surface area (Å²) in [5.41, 5.74) is 0. The predicted octanol–water partition coefficient (Wildman–Crippen LogP) is 0.934. The van der Waals surface area contributed by atoms with E-state index in [1.54, 1.807) is 7.05 Å². The number of hydrogen-bond donors (Lipinski definition) is 1. The normalized spacial score (nSPS) is 40.0. The van der Waals surface area contributed by atoms with Crippen LogP contribution in [0.1, 0.15) is 26.2 Å². The predicted molar refractivity (Wildman–Crippen MR) is 67.6 cm³/mol. The Morgan fingerprint density at radius 2 is 2.11 bits per heavy atom. The number of carbonyl (C=O) groups is 2. The van der Waals surface area contributed by atoms with Gasteiger partial charge < -0.3 is 5.32 Å². The largest absolute Gasteiger partial charge is 0.303 e. The van der Waals surface area contributed by atoms with Crippen molar-refractivity contribution in [2.24, 2.45) is 17.8 Å². The van der Waals surface area contributed by atoms with Gasteiger partial charge in [-0.25, -0.2) is 0 Å². The summed E-state index contributed by atoms with van der Waals surface area (Å²) in [6.07, 6.45) is 7.46. The molecule has 0 spiro atoms. The van der Waals surface area contributed by atoms with Crippen LogP contribution in [0.25, 0.3) is 0 Å². The van der Waals surface area contributed by atoms with Gasteiger partial charge in [-0.15, -0.1) is 0 Å². The molecule has 0 aromatic heterocycles. The molecule has 0 aromatic carbocycles. The summed E-state index contributed by atoms with van der Waals surface area (Å²) in [6, 6.07) is -0.00111. The van der Waals surface area contributed by atoms with Crippen molar-refractivity contribution in [2.45, 2.75) is 38.3 Å². The number of amides is 2. The third-order valence-corrected chi connectivity index (χ3v) is 4.82. The van der Waals surface area contributed by atoms with Gasteiger partial charge in [0.25, 0.3) is 0 Å². The summed E-state index contributed by atoms with van der Waals surface area (Å²) < 4.78 is 0. The molecule has 1 heterocycles. The third-order valence-electron chi connectivity index (χ3n) is 4.82. The van der Waals surface area contributed by atoms with Crippen molar-refractivity contribution in [3.05, 3.63) is 12.2 Å². The summed E-state index contributed by atoms with van der Waals surface area (Å²) in [7, 11) is 1.57. The fourth-order valence-electron chi connectivity index (χ4n) is 3.72. The zero-order valence-corrected chi connectivity index (χ0v) is 10.9. The van der Waals surface area contributed by atoms with Crippen molar-refractivity contribution in [1.29, 1.82) is 0 Å². The number of hydrogen-bond acceptors (Lipinski definition) is 3.